The monoisotopic (exact) mass is 940 g/mol. The summed E-state index contributed by atoms with van der Waals surface area (Å²) < 4.78 is 11.3. The third-order valence-electron chi connectivity index (χ3n) is 10.9. The third kappa shape index (κ3) is 7.96. The molecule has 1 N–H and O–H groups in total. The predicted octanol–water partition coefficient (Wildman–Crippen LogP) is 14.0. The van der Waals surface area contributed by atoms with E-state index in [1.54, 1.807) is 6.07 Å². The number of pyridine rings is 1. The molecule has 0 amide bonds. The number of hydrogen-bond donors (Lipinski definition) is 1. The molecule has 0 saturated carbocycles. The van der Waals surface area contributed by atoms with E-state index in [0.717, 1.165) is 72.5 Å². The Morgan fingerprint density at radius 3 is 1.98 bits per heavy atom. The van der Waals surface area contributed by atoms with Gasteiger partial charge in [-0.15, -0.1) is 29.3 Å². The Labute approximate surface area is 359 Å². The molecule has 0 aliphatic heterocycles. The van der Waals surface area contributed by atoms with Crippen LogP contribution in [0.4, 0.5) is 0 Å². The Morgan fingerprint density at radius 2 is 1.29 bits per heavy atom. The molecule has 5 heteroatoms. The van der Waals surface area contributed by atoms with E-state index in [4.69, 9.17) is 9.97 Å². The normalized spacial score (nSPS) is 12.3. The van der Waals surface area contributed by atoms with Gasteiger partial charge in [-0.3, -0.25) is 9.55 Å². The number of phenolic OH excluding ortho intramolecular Hbond substituents is 1. The number of rotatable bonds is 7. The number of hydrogen-bond acceptors (Lipinski definition) is 3. The number of fused-ring (bicyclic) bond motifs is 1. The quantitative estimate of drug-likeness (QED) is 0.162. The summed E-state index contributed by atoms with van der Waals surface area (Å²) in [5.41, 5.74) is 14.3. The van der Waals surface area contributed by atoms with Crippen LogP contribution in [-0.2, 0) is 31.9 Å². The first-order valence-electron chi connectivity index (χ1n) is 20.2. The van der Waals surface area contributed by atoms with E-state index in [1.807, 2.05) is 56.4 Å². The van der Waals surface area contributed by atoms with Crippen LogP contribution in [0, 0.1) is 6.07 Å². The summed E-state index contributed by atoms with van der Waals surface area (Å²) >= 11 is 0. The fraction of sp³-hybridized carbons (Fsp3) is 0.208. The largest absolute Gasteiger partial charge is 0.507 e. The van der Waals surface area contributed by atoms with Gasteiger partial charge in [0.05, 0.1) is 16.6 Å². The van der Waals surface area contributed by atoms with Crippen molar-refractivity contribution in [2.45, 2.75) is 72.1 Å². The van der Waals surface area contributed by atoms with E-state index in [9.17, 15) is 6.48 Å². The zero-order chi connectivity index (χ0) is 41.0. The second-order valence-electron chi connectivity index (χ2n) is 17.3. The van der Waals surface area contributed by atoms with Gasteiger partial charge in [0.15, 0.2) is 0 Å². The molecular formula is C53H50N3OPt-. The first-order valence-corrected chi connectivity index (χ1v) is 19.7. The molecule has 0 aliphatic rings. The van der Waals surface area contributed by atoms with Crippen LogP contribution in [0.25, 0.3) is 72.7 Å². The van der Waals surface area contributed by atoms with Crippen molar-refractivity contribution < 1.29 is 27.5 Å². The number of nitrogens with zero attached hydrogens (tertiary/aromatic N) is 3. The minimum absolute atomic E-state index is 0. The van der Waals surface area contributed by atoms with Crippen molar-refractivity contribution in [3.63, 3.8) is 0 Å². The minimum Gasteiger partial charge on any atom is -0.507 e. The van der Waals surface area contributed by atoms with E-state index < -0.39 is 5.89 Å². The smallest absolute Gasteiger partial charge is 0.148 e. The maximum absolute atomic E-state index is 11.3. The molecule has 58 heavy (non-hydrogen) atoms. The Kier molecular flexibility index (Phi) is 10.8. The van der Waals surface area contributed by atoms with Crippen molar-refractivity contribution in [1.82, 2.24) is 14.5 Å². The van der Waals surface area contributed by atoms with E-state index in [0.29, 0.717) is 11.4 Å². The van der Waals surface area contributed by atoms with Crippen molar-refractivity contribution in [3.05, 3.63) is 168 Å². The zero-order valence-corrected chi connectivity index (χ0v) is 36.7. The van der Waals surface area contributed by atoms with Crippen LogP contribution in [0.5, 0.6) is 5.75 Å². The fourth-order valence-electron chi connectivity index (χ4n) is 7.58. The average molecular weight is 941 g/mol. The van der Waals surface area contributed by atoms with Gasteiger partial charge in [-0.25, -0.2) is 4.98 Å². The summed E-state index contributed by atoms with van der Waals surface area (Å²) in [4.78, 5) is 10.2. The fourth-order valence-corrected chi connectivity index (χ4v) is 7.58. The van der Waals surface area contributed by atoms with Gasteiger partial charge in [0.1, 0.15) is 11.6 Å². The standard InChI is InChI=1S/C53H50N3O.Pt/c1-34(2)46-33-42(25-26-43(46)36-15-10-9-11-16-36)56-48-19-14-18-44(50(48)55-51(56)45-17-12-13-20-49(45)57)38-29-39(31-41(30-38)53(6,7)8)47-32-37(27-28-54-47)35-21-23-40(24-22-35)52(3,4)5;/h9-28,30-34,57H,1-8H3;/q-1;/i34D;. The molecular weight excluding hydrogens is 890 g/mol. The summed E-state index contributed by atoms with van der Waals surface area (Å²) in [6.45, 7) is 17.2. The number of para-hydroxylation sites is 2. The van der Waals surface area contributed by atoms with Gasteiger partial charge >= 0.3 is 0 Å². The molecule has 8 rings (SSSR count). The predicted molar refractivity (Wildman–Crippen MR) is 238 cm³/mol. The summed E-state index contributed by atoms with van der Waals surface area (Å²) in [5.74, 6) is -0.136. The molecule has 294 valence electrons. The maximum Gasteiger partial charge on any atom is 0.148 e. The first-order chi connectivity index (χ1) is 27.6. The van der Waals surface area contributed by atoms with Gasteiger partial charge < -0.3 is 5.11 Å². The molecule has 2 aromatic heterocycles. The Morgan fingerprint density at radius 1 is 0.621 bits per heavy atom. The van der Waals surface area contributed by atoms with Gasteiger partial charge in [0.2, 0.25) is 0 Å². The van der Waals surface area contributed by atoms with Gasteiger partial charge in [0, 0.05) is 40.0 Å². The number of phenols is 1. The van der Waals surface area contributed by atoms with Crippen LogP contribution < -0.4 is 0 Å². The van der Waals surface area contributed by atoms with Crippen molar-refractivity contribution in [2.24, 2.45) is 0 Å². The molecule has 6 aromatic carbocycles. The Hall–Kier alpha value is -5.57. The molecule has 0 saturated heterocycles. The number of aromatic nitrogens is 3. The Bertz CT molecular complexity index is 2790. The van der Waals surface area contributed by atoms with Gasteiger partial charge in [0.25, 0.3) is 0 Å². The van der Waals surface area contributed by atoms with E-state index in [-0.39, 0.29) is 37.6 Å². The Balaban J connectivity index is 0.00000528. The van der Waals surface area contributed by atoms with Crippen molar-refractivity contribution >= 4 is 11.0 Å². The number of aromatic hydroxyl groups is 1. The van der Waals surface area contributed by atoms with Crippen LogP contribution in [0.15, 0.2) is 146 Å². The zero-order valence-electron chi connectivity index (χ0n) is 35.5. The number of benzene rings is 6. The van der Waals surface area contributed by atoms with E-state index in [2.05, 4.69) is 149 Å². The van der Waals surface area contributed by atoms with Crippen molar-refractivity contribution in [3.8, 4) is 67.5 Å². The second kappa shape index (κ2) is 16.0. The average Bonchev–Trinajstić information content (AvgIpc) is 3.60. The molecule has 0 spiro atoms. The molecule has 8 aromatic rings. The van der Waals surface area contributed by atoms with Crippen LogP contribution in [0.3, 0.4) is 0 Å². The maximum atomic E-state index is 11.3. The summed E-state index contributed by atoms with van der Waals surface area (Å²) in [6, 6.07) is 51.4. The molecule has 0 bridgehead atoms. The van der Waals surface area contributed by atoms with Crippen LogP contribution >= 0.6 is 0 Å². The molecule has 0 radical (unpaired) electrons. The molecule has 2 heterocycles. The molecule has 0 fully saturated rings. The van der Waals surface area contributed by atoms with Crippen LogP contribution in [0.1, 0.15) is 79.3 Å². The first kappa shape index (κ1) is 39.3. The third-order valence-corrected chi connectivity index (χ3v) is 10.9. The van der Waals surface area contributed by atoms with Gasteiger partial charge in [-0.2, -0.15) is 0 Å². The number of imidazole rings is 1. The SMILES string of the molecule is [2H]C(C)(C)c1cc(-n2c(-c3ccccc3O)nc3c(-c4[c-]c(-c5cc(-c6ccc(C(C)(C)C)cc6)ccn5)cc(C(C)(C)C)c4)cccc32)ccc1-c1ccccc1.[Pt]. The van der Waals surface area contributed by atoms with E-state index >= 15 is 0 Å². The summed E-state index contributed by atoms with van der Waals surface area (Å²) in [6.07, 6.45) is 1.89. The molecule has 0 unspecified atom stereocenters. The van der Waals surface area contributed by atoms with Gasteiger partial charge in [-0.1, -0.05) is 158 Å². The van der Waals surface area contributed by atoms with Crippen molar-refractivity contribution in [2.75, 3.05) is 0 Å². The molecule has 4 nitrogen and oxygen atoms in total. The van der Waals surface area contributed by atoms with Gasteiger partial charge in [-0.05, 0) is 86.5 Å². The van der Waals surface area contributed by atoms with Crippen LogP contribution in [-0.4, -0.2) is 19.6 Å². The van der Waals surface area contributed by atoms with E-state index in [1.165, 1.54) is 5.56 Å². The molecule has 0 aliphatic carbocycles. The summed E-state index contributed by atoms with van der Waals surface area (Å²) in [5, 5.41) is 11.3. The second-order valence-corrected chi connectivity index (χ2v) is 17.3. The minimum atomic E-state index is -0.891. The topological polar surface area (TPSA) is 50.9 Å². The van der Waals surface area contributed by atoms with Crippen LogP contribution in [0.2, 0.25) is 0 Å². The van der Waals surface area contributed by atoms with Crippen molar-refractivity contribution in [1.29, 1.82) is 0 Å². The molecule has 0 atom stereocenters. The summed E-state index contributed by atoms with van der Waals surface area (Å²) in [7, 11) is 0.